The predicted molar refractivity (Wildman–Crippen MR) is 104 cm³/mol. The van der Waals surface area contributed by atoms with E-state index in [1.165, 1.54) is 18.4 Å². The van der Waals surface area contributed by atoms with Crippen LogP contribution >= 0.6 is 0 Å². The van der Waals surface area contributed by atoms with Gasteiger partial charge in [0, 0.05) is 36.4 Å². The summed E-state index contributed by atoms with van der Waals surface area (Å²) in [6, 6.07) is 6.41. The van der Waals surface area contributed by atoms with Gasteiger partial charge in [0.1, 0.15) is 5.37 Å². The Hall–Kier alpha value is -1.21. The number of nitrogens with zero attached hydrogens (tertiary/aromatic N) is 1. The van der Waals surface area contributed by atoms with Crippen LogP contribution in [0.5, 0.6) is 0 Å². The highest BCUT2D eigenvalue weighted by Crippen LogP contribution is 2.34. The molecular formula is C19H29N3O2S. The topological polar surface area (TPSA) is 78.6 Å². The maximum absolute atomic E-state index is 12.2. The SMILES string of the molecule is CC1CN(C(c2ccc(N)c(C3=CCCCC3)c2)S(=O)O)CC(C)N1. The fourth-order valence-corrected chi connectivity index (χ4v) is 4.91. The maximum atomic E-state index is 12.2. The van der Waals surface area contributed by atoms with Crippen molar-refractivity contribution in [2.75, 3.05) is 18.8 Å². The van der Waals surface area contributed by atoms with Crippen molar-refractivity contribution in [2.24, 2.45) is 0 Å². The number of benzene rings is 1. The van der Waals surface area contributed by atoms with Crippen LogP contribution in [0.3, 0.4) is 0 Å². The van der Waals surface area contributed by atoms with Crippen LogP contribution in [0.2, 0.25) is 0 Å². The standard InChI is InChI=1S/C19H29N3O2S/c1-13-11-22(12-14(2)21-13)19(25(23)24)16-8-9-18(20)17(10-16)15-6-4-3-5-7-15/h6,8-10,13-14,19,21H,3-5,7,11-12,20H2,1-2H3,(H,23,24). The summed E-state index contributed by atoms with van der Waals surface area (Å²) in [6.45, 7) is 5.73. The van der Waals surface area contributed by atoms with Crippen LogP contribution in [0.15, 0.2) is 24.3 Å². The van der Waals surface area contributed by atoms with E-state index >= 15 is 0 Å². The van der Waals surface area contributed by atoms with Gasteiger partial charge in [-0.25, -0.2) is 4.21 Å². The van der Waals surface area contributed by atoms with Crippen LogP contribution in [0.25, 0.3) is 5.57 Å². The minimum absolute atomic E-state index is 0.295. The van der Waals surface area contributed by atoms with Gasteiger partial charge in [0.25, 0.3) is 0 Å². The van der Waals surface area contributed by atoms with Crippen LogP contribution in [-0.4, -0.2) is 38.8 Å². The van der Waals surface area contributed by atoms with Crippen LogP contribution < -0.4 is 11.1 Å². The predicted octanol–water partition coefficient (Wildman–Crippen LogP) is 3.13. The molecule has 2 aliphatic rings. The number of hydrogen-bond acceptors (Lipinski definition) is 4. The zero-order valence-corrected chi connectivity index (χ0v) is 15.9. The monoisotopic (exact) mass is 363 g/mol. The minimum atomic E-state index is -1.96. The second-order valence-electron chi connectivity index (χ2n) is 7.37. The molecule has 0 aromatic heterocycles. The van der Waals surface area contributed by atoms with Crippen LogP contribution in [-0.2, 0) is 11.1 Å². The molecular weight excluding hydrogens is 334 g/mol. The summed E-state index contributed by atoms with van der Waals surface area (Å²) in [6.07, 6.45) is 6.78. The first-order chi connectivity index (χ1) is 12.0. The summed E-state index contributed by atoms with van der Waals surface area (Å²) in [5.74, 6) is 0. The van der Waals surface area contributed by atoms with Gasteiger partial charge in [-0.2, -0.15) is 0 Å². The normalized spacial score (nSPS) is 27.6. The maximum Gasteiger partial charge on any atom is 0.175 e. The first-order valence-electron chi connectivity index (χ1n) is 9.14. The molecule has 0 spiro atoms. The highest BCUT2D eigenvalue weighted by Gasteiger charge is 2.32. The van der Waals surface area contributed by atoms with E-state index < -0.39 is 16.5 Å². The van der Waals surface area contributed by atoms with Crippen molar-refractivity contribution >= 4 is 22.3 Å². The lowest BCUT2D eigenvalue weighted by molar-refractivity contribution is 0.156. The van der Waals surface area contributed by atoms with E-state index in [1.807, 2.05) is 18.2 Å². The number of nitrogens with two attached hydrogens (primary N) is 1. The van der Waals surface area contributed by atoms with Crippen molar-refractivity contribution in [3.63, 3.8) is 0 Å². The Bertz CT molecular complexity index is 667. The molecule has 0 amide bonds. The van der Waals surface area contributed by atoms with Gasteiger partial charge >= 0.3 is 0 Å². The van der Waals surface area contributed by atoms with E-state index in [-0.39, 0.29) is 0 Å². The Labute approximate surface area is 153 Å². The molecule has 1 aromatic carbocycles. The van der Waals surface area contributed by atoms with Crippen molar-refractivity contribution in [1.82, 2.24) is 10.2 Å². The summed E-state index contributed by atoms with van der Waals surface area (Å²) >= 11 is -1.96. The fraction of sp³-hybridized carbons (Fsp3) is 0.579. The smallest absolute Gasteiger partial charge is 0.175 e. The number of piperazine rings is 1. The average Bonchev–Trinajstić information content (AvgIpc) is 2.56. The molecule has 6 heteroatoms. The van der Waals surface area contributed by atoms with Gasteiger partial charge in [-0.05, 0) is 62.8 Å². The second-order valence-corrected chi connectivity index (χ2v) is 8.37. The van der Waals surface area contributed by atoms with E-state index in [4.69, 9.17) is 5.73 Å². The molecule has 1 aliphatic heterocycles. The summed E-state index contributed by atoms with van der Waals surface area (Å²) in [7, 11) is 0. The molecule has 1 saturated heterocycles. The molecule has 4 N–H and O–H groups in total. The van der Waals surface area contributed by atoms with Crippen molar-refractivity contribution in [3.05, 3.63) is 35.4 Å². The zero-order chi connectivity index (χ0) is 18.0. The molecule has 1 fully saturated rings. The Morgan fingerprint density at radius 1 is 1.28 bits per heavy atom. The van der Waals surface area contributed by atoms with Gasteiger partial charge in [0.15, 0.2) is 11.1 Å². The van der Waals surface area contributed by atoms with E-state index in [0.717, 1.165) is 42.7 Å². The zero-order valence-electron chi connectivity index (χ0n) is 15.1. The molecule has 4 atom stereocenters. The quantitative estimate of drug-likeness (QED) is 0.566. The Morgan fingerprint density at radius 3 is 2.60 bits per heavy atom. The second kappa shape index (κ2) is 7.99. The molecule has 0 saturated carbocycles. The van der Waals surface area contributed by atoms with E-state index in [1.54, 1.807) is 0 Å². The van der Waals surface area contributed by atoms with Crippen LogP contribution in [0.1, 0.15) is 56.0 Å². The third kappa shape index (κ3) is 4.31. The number of nitrogens with one attached hydrogen (secondary N) is 1. The Kier molecular flexibility index (Phi) is 5.94. The fourth-order valence-electron chi connectivity index (χ4n) is 4.10. The van der Waals surface area contributed by atoms with Crippen molar-refractivity contribution in [2.45, 2.75) is 57.0 Å². The Balaban J connectivity index is 1.94. The van der Waals surface area contributed by atoms with Gasteiger partial charge in [-0.15, -0.1) is 0 Å². The molecule has 3 rings (SSSR count). The summed E-state index contributed by atoms with van der Waals surface area (Å²) in [4.78, 5) is 2.12. The first kappa shape index (κ1) is 18.6. The summed E-state index contributed by atoms with van der Waals surface area (Å²) in [5.41, 5.74) is 10.1. The number of allylic oxidation sites excluding steroid dienone is 2. The molecule has 4 unspecified atom stereocenters. The molecule has 5 nitrogen and oxygen atoms in total. The van der Waals surface area contributed by atoms with Crippen molar-refractivity contribution < 1.29 is 8.76 Å². The molecule has 1 aromatic rings. The number of rotatable bonds is 4. The molecule has 25 heavy (non-hydrogen) atoms. The summed E-state index contributed by atoms with van der Waals surface area (Å²) in [5, 5.41) is 2.96. The first-order valence-corrected chi connectivity index (χ1v) is 10.3. The van der Waals surface area contributed by atoms with Crippen LogP contribution in [0, 0.1) is 0 Å². The molecule has 0 radical (unpaired) electrons. The van der Waals surface area contributed by atoms with E-state index in [0.29, 0.717) is 12.1 Å². The number of hydrogen-bond donors (Lipinski definition) is 3. The van der Waals surface area contributed by atoms with Crippen LogP contribution in [0.4, 0.5) is 5.69 Å². The van der Waals surface area contributed by atoms with Gasteiger partial charge in [-0.3, -0.25) is 4.90 Å². The largest absolute Gasteiger partial charge is 0.398 e. The minimum Gasteiger partial charge on any atom is -0.398 e. The Morgan fingerprint density at radius 2 is 2.00 bits per heavy atom. The van der Waals surface area contributed by atoms with Gasteiger partial charge < -0.3 is 15.6 Å². The van der Waals surface area contributed by atoms with Gasteiger partial charge in [0.2, 0.25) is 0 Å². The number of anilines is 1. The molecule has 1 aliphatic carbocycles. The van der Waals surface area contributed by atoms with Gasteiger partial charge in [0.05, 0.1) is 0 Å². The third-order valence-electron chi connectivity index (χ3n) is 5.11. The third-order valence-corrected chi connectivity index (χ3v) is 6.06. The average molecular weight is 364 g/mol. The van der Waals surface area contributed by atoms with E-state index in [9.17, 15) is 8.76 Å². The molecule has 0 bridgehead atoms. The number of nitrogen functional groups attached to an aromatic ring is 1. The summed E-state index contributed by atoms with van der Waals surface area (Å²) < 4.78 is 22.2. The molecule has 1 heterocycles. The van der Waals surface area contributed by atoms with Crippen molar-refractivity contribution in [1.29, 1.82) is 0 Å². The highest BCUT2D eigenvalue weighted by molar-refractivity contribution is 7.79. The highest BCUT2D eigenvalue weighted by atomic mass is 32.2. The lowest BCUT2D eigenvalue weighted by Crippen LogP contribution is -2.55. The lowest BCUT2D eigenvalue weighted by Gasteiger charge is -2.39. The van der Waals surface area contributed by atoms with E-state index in [2.05, 4.69) is 30.1 Å². The van der Waals surface area contributed by atoms with Gasteiger partial charge in [-0.1, -0.05) is 12.1 Å². The lowest BCUT2D eigenvalue weighted by atomic mass is 9.91. The molecule has 138 valence electrons. The van der Waals surface area contributed by atoms with Crippen molar-refractivity contribution in [3.8, 4) is 0 Å².